The number of carbonyl (C=O) groups is 3. The fourth-order valence-electron chi connectivity index (χ4n) is 4.51. The smallest absolute Gasteiger partial charge is 0.410 e. The number of fused-ring (bicyclic) bond motifs is 3. The molecule has 2 aliphatic rings. The van der Waals surface area contributed by atoms with Crippen LogP contribution in [-0.2, 0) is 14.3 Å². The van der Waals surface area contributed by atoms with Gasteiger partial charge in [-0.25, -0.2) is 9.59 Å². The van der Waals surface area contributed by atoms with Gasteiger partial charge in [0.05, 0.1) is 0 Å². The number of carboxylic acids is 1. The Labute approximate surface area is 181 Å². The first-order valence-electron chi connectivity index (χ1n) is 10.5. The minimum Gasteiger partial charge on any atom is -0.480 e. The summed E-state index contributed by atoms with van der Waals surface area (Å²) >= 11 is 0. The number of likely N-dealkylation sites (tertiary alicyclic amines) is 1. The monoisotopic (exact) mass is 422 g/mol. The summed E-state index contributed by atoms with van der Waals surface area (Å²) in [4.78, 5) is 39.5. The zero-order valence-electron chi connectivity index (χ0n) is 17.7. The highest BCUT2D eigenvalue weighted by atomic mass is 16.6. The number of ether oxygens (including phenoxy) is 1. The van der Waals surface area contributed by atoms with Crippen LogP contribution in [0.4, 0.5) is 4.79 Å². The van der Waals surface area contributed by atoms with Crippen LogP contribution in [0.15, 0.2) is 48.5 Å². The van der Waals surface area contributed by atoms with E-state index in [0.717, 1.165) is 22.3 Å². The fraction of sp³-hybridized carbons (Fsp3) is 0.375. The third-order valence-corrected chi connectivity index (χ3v) is 6.39. The SMILES string of the molecule is C[C@@H](C(=O)O)N(C)C(=O)[C@@H]1CCCN1C(=O)OCC1c2ccccc2-c2ccccc21. The first-order chi connectivity index (χ1) is 14.9. The molecule has 1 heterocycles. The predicted molar refractivity (Wildman–Crippen MR) is 115 cm³/mol. The summed E-state index contributed by atoms with van der Waals surface area (Å²) in [6, 6.07) is 14.6. The molecule has 2 atom stereocenters. The molecule has 2 aromatic rings. The van der Waals surface area contributed by atoms with Crippen LogP contribution in [0.25, 0.3) is 11.1 Å². The number of hydrogen-bond acceptors (Lipinski definition) is 4. The van der Waals surface area contributed by atoms with Crippen molar-refractivity contribution in [3.63, 3.8) is 0 Å². The summed E-state index contributed by atoms with van der Waals surface area (Å²) in [7, 11) is 1.45. The molecule has 0 aromatic heterocycles. The number of carbonyl (C=O) groups excluding carboxylic acids is 2. The molecule has 7 heteroatoms. The van der Waals surface area contributed by atoms with Gasteiger partial charge < -0.3 is 14.7 Å². The molecular weight excluding hydrogens is 396 g/mol. The number of likely N-dealkylation sites (N-methyl/N-ethyl adjacent to an activating group) is 1. The Morgan fingerprint density at radius 3 is 2.26 bits per heavy atom. The molecule has 1 aliphatic heterocycles. The maximum atomic E-state index is 12.9. The minimum absolute atomic E-state index is 0.0530. The van der Waals surface area contributed by atoms with Crippen LogP contribution in [0.3, 0.4) is 0 Å². The Hall–Kier alpha value is -3.35. The lowest BCUT2D eigenvalue weighted by molar-refractivity contribution is -0.149. The van der Waals surface area contributed by atoms with E-state index in [1.54, 1.807) is 0 Å². The van der Waals surface area contributed by atoms with Gasteiger partial charge in [-0.15, -0.1) is 0 Å². The number of hydrogen-bond donors (Lipinski definition) is 1. The first-order valence-corrected chi connectivity index (χ1v) is 10.5. The van der Waals surface area contributed by atoms with Crippen molar-refractivity contribution in [3.8, 4) is 11.1 Å². The lowest BCUT2D eigenvalue weighted by atomic mass is 9.98. The van der Waals surface area contributed by atoms with Gasteiger partial charge in [0.25, 0.3) is 0 Å². The standard InChI is InChI=1S/C24H26N2O5/c1-15(23(28)29)25(2)22(27)21-12-7-13-26(21)24(30)31-14-20-18-10-5-3-8-16(18)17-9-4-6-11-19(17)20/h3-6,8-11,15,20-21H,7,12-14H2,1-2H3,(H,28,29)/t15-,21-/m0/s1. The average Bonchev–Trinajstić information content (AvgIpc) is 3.39. The molecule has 0 saturated carbocycles. The molecule has 2 amide bonds. The summed E-state index contributed by atoms with van der Waals surface area (Å²) in [6.45, 7) is 2.06. The summed E-state index contributed by atoms with van der Waals surface area (Å²) in [5.41, 5.74) is 4.55. The van der Waals surface area contributed by atoms with Gasteiger partial charge in [0.2, 0.25) is 5.91 Å². The third-order valence-electron chi connectivity index (χ3n) is 6.39. The second kappa shape index (κ2) is 8.41. The van der Waals surface area contributed by atoms with Gasteiger partial charge in [-0.05, 0) is 42.0 Å². The topological polar surface area (TPSA) is 87.2 Å². The number of aliphatic carboxylic acids is 1. The minimum atomic E-state index is -1.08. The van der Waals surface area contributed by atoms with E-state index >= 15 is 0 Å². The van der Waals surface area contributed by atoms with Gasteiger partial charge in [0.1, 0.15) is 18.7 Å². The van der Waals surface area contributed by atoms with Crippen molar-refractivity contribution in [2.45, 2.75) is 37.8 Å². The Bertz CT molecular complexity index is 975. The van der Waals surface area contributed by atoms with Crippen LogP contribution in [0, 0.1) is 0 Å². The first kappa shape index (κ1) is 20.9. The molecule has 2 aromatic carbocycles. The van der Waals surface area contributed by atoms with E-state index < -0.39 is 24.1 Å². The molecular formula is C24H26N2O5. The molecule has 1 N–H and O–H groups in total. The molecule has 1 fully saturated rings. The zero-order chi connectivity index (χ0) is 22.1. The van der Waals surface area contributed by atoms with Crippen LogP contribution < -0.4 is 0 Å². The molecule has 162 valence electrons. The van der Waals surface area contributed by atoms with Crippen LogP contribution in [0.1, 0.15) is 36.8 Å². The molecule has 7 nitrogen and oxygen atoms in total. The third kappa shape index (κ3) is 3.76. The number of benzene rings is 2. The number of rotatable bonds is 5. The highest BCUT2D eigenvalue weighted by Crippen LogP contribution is 2.44. The van der Waals surface area contributed by atoms with Crippen molar-refractivity contribution in [1.29, 1.82) is 0 Å². The Morgan fingerprint density at radius 2 is 1.68 bits per heavy atom. The Kier molecular flexibility index (Phi) is 5.67. The van der Waals surface area contributed by atoms with Gasteiger partial charge >= 0.3 is 12.1 Å². The van der Waals surface area contributed by atoms with E-state index in [-0.39, 0.29) is 18.4 Å². The van der Waals surface area contributed by atoms with E-state index in [2.05, 4.69) is 24.3 Å². The van der Waals surface area contributed by atoms with E-state index in [0.29, 0.717) is 19.4 Å². The van der Waals surface area contributed by atoms with Crippen LogP contribution in [0.5, 0.6) is 0 Å². The summed E-state index contributed by atoms with van der Waals surface area (Å²) in [5.74, 6) is -1.51. The van der Waals surface area contributed by atoms with Gasteiger partial charge in [0, 0.05) is 19.5 Å². The molecule has 1 saturated heterocycles. The normalized spacial score (nSPS) is 18.3. The van der Waals surface area contributed by atoms with Crippen molar-refractivity contribution >= 4 is 18.0 Å². The van der Waals surface area contributed by atoms with Crippen molar-refractivity contribution in [3.05, 3.63) is 59.7 Å². The Balaban J connectivity index is 1.46. The lowest BCUT2D eigenvalue weighted by Gasteiger charge is -2.29. The summed E-state index contributed by atoms with van der Waals surface area (Å²) < 4.78 is 5.69. The van der Waals surface area contributed by atoms with E-state index in [4.69, 9.17) is 4.74 Å². The quantitative estimate of drug-likeness (QED) is 0.799. The molecule has 0 bridgehead atoms. The van der Waals surface area contributed by atoms with E-state index in [1.807, 2.05) is 24.3 Å². The van der Waals surface area contributed by atoms with Gasteiger partial charge in [0.15, 0.2) is 0 Å². The van der Waals surface area contributed by atoms with Crippen LogP contribution in [-0.4, -0.2) is 65.2 Å². The van der Waals surface area contributed by atoms with Gasteiger partial charge in [-0.3, -0.25) is 9.69 Å². The predicted octanol–water partition coefficient (Wildman–Crippen LogP) is 3.33. The Morgan fingerprint density at radius 1 is 1.10 bits per heavy atom. The number of carboxylic acid groups (broad SMARTS) is 1. The second-order valence-electron chi connectivity index (χ2n) is 8.12. The molecule has 31 heavy (non-hydrogen) atoms. The fourth-order valence-corrected chi connectivity index (χ4v) is 4.51. The van der Waals surface area contributed by atoms with Crippen LogP contribution >= 0.6 is 0 Å². The maximum absolute atomic E-state index is 12.9. The lowest BCUT2D eigenvalue weighted by Crippen LogP contribution is -2.50. The van der Waals surface area contributed by atoms with Crippen LogP contribution in [0.2, 0.25) is 0 Å². The van der Waals surface area contributed by atoms with Gasteiger partial charge in [-0.2, -0.15) is 0 Å². The molecule has 0 unspecified atom stereocenters. The highest BCUT2D eigenvalue weighted by molar-refractivity contribution is 5.89. The van der Waals surface area contributed by atoms with Gasteiger partial charge in [-0.1, -0.05) is 48.5 Å². The van der Waals surface area contributed by atoms with Crippen molar-refractivity contribution in [2.24, 2.45) is 0 Å². The number of amides is 2. The molecule has 1 aliphatic carbocycles. The molecule has 0 radical (unpaired) electrons. The summed E-state index contributed by atoms with van der Waals surface area (Å²) in [5, 5.41) is 9.19. The summed E-state index contributed by atoms with van der Waals surface area (Å²) in [6.07, 6.45) is 0.643. The maximum Gasteiger partial charge on any atom is 0.410 e. The molecule has 4 rings (SSSR count). The highest BCUT2D eigenvalue weighted by Gasteiger charge is 2.39. The van der Waals surface area contributed by atoms with Crippen molar-refractivity contribution in [1.82, 2.24) is 9.80 Å². The van der Waals surface area contributed by atoms with Crippen molar-refractivity contribution < 1.29 is 24.2 Å². The molecule has 0 spiro atoms. The van der Waals surface area contributed by atoms with E-state index in [9.17, 15) is 19.5 Å². The number of nitrogens with zero attached hydrogens (tertiary/aromatic N) is 2. The average molecular weight is 422 g/mol. The van der Waals surface area contributed by atoms with Crippen molar-refractivity contribution in [2.75, 3.05) is 20.2 Å². The largest absolute Gasteiger partial charge is 0.480 e. The van der Waals surface area contributed by atoms with E-state index in [1.165, 1.54) is 23.8 Å². The second-order valence-corrected chi connectivity index (χ2v) is 8.12. The zero-order valence-corrected chi connectivity index (χ0v) is 17.7.